The van der Waals surface area contributed by atoms with E-state index in [1.165, 1.54) is 23.3 Å². The van der Waals surface area contributed by atoms with Crippen LogP contribution in [-0.4, -0.2) is 20.9 Å². The summed E-state index contributed by atoms with van der Waals surface area (Å²) in [6.07, 6.45) is 3.00. The van der Waals surface area contributed by atoms with Crippen LogP contribution in [0.4, 0.5) is 13.2 Å². The first-order chi connectivity index (χ1) is 24.2. The zero-order chi connectivity index (χ0) is 38.8. The molecule has 0 bridgehead atoms. The van der Waals surface area contributed by atoms with Crippen LogP contribution >= 0.6 is 11.3 Å². The third kappa shape index (κ3) is 10.6. The summed E-state index contributed by atoms with van der Waals surface area (Å²) in [7, 11) is 0. The molecule has 0 saturated heterocycles. The number of aliphatic hydroxyl groups is 1. The van der Waals surface area contributed by atoms with Crippen molar-refractivity contribution < 1.29 is 43.2 Å². The Hall–Kier alpha value is -3.13. The Bertz CT molecular complexity index is 2080. The number of aryl methyl sites for hydroxylation is 1. The number of carbonyl (C=O) groups is 1. The summed E-state index contributed by atoms with van der Waals surface area (Å²) in [5, 5.41) is 12.0. The molecule has 0 aliphatic heterocycles. The molecule has 4 nitrogen and oxygen atoms in total. The van der Waals surface area contributed by atoms with Crippen molar-refractivity contribution in [2.75, 3.05) is 0 Å². The predicted molar refractivity (Wildman–Crippen MR) is 212 cm³/mol. The summed E-state index contributed by atoms with van der Waals surface area (Å²) in [6, 6.07) is 13.7. The van der Waals surface area contributed by atoms with E-state index in [9.17, 15) is 23.1 Å². The Balaban J connectivity index is 0.000000403. The van der Waals surface area contributed by atoms with Gasteiger partial charge in [0.15, 0.2) is 5.78 Å². The first-order valence-electron chi connectivity index (χ1n) is 18.4. The third-order valence-corrected chi connectivity index (χ3v) is 10.9. The minimum atomic E-state index is -4.42. The van der Waals surface area contributed by atoms with Crippen molar-refractivity contribution in [1.29, 1.82) is 0 Å². The molecule has 0 atom stereocenters. The Labute approximate surface area is 331 Å². The maximum absolute atomic E-state index is 13.5. The van der Waals surface area contributed by atoms with Crippen LogP contribution in [0.5, 0.6) is 0 Å². The van der Waals surface area contributed by atoms with Gasteiger partial charge >= 0.3 is 6.18 Å². The molecule has 53 heavy (non-hydrogen) atoms. The first kappa shape index (κ1) is 44.3. The smallest absolute Gasteiger partial charge is 0.409 e. The van der Waals surface area contributed by atoms with Gasteiger partial charge in [0.1, 0.15) is 6.33 Å². The molecule has 3 aromatic carbocycles. The maximum atomic E-state index is 13.5. The molecule has 0 amide bonds. The fourth-order valence-corrected chi connectivity index (χ4v) is 7.92. The number of fused-ring (bicyclic) bond motifs is 4. The third-order valence-electron chi connectivity index (χ3n) is 9.77. The number of aromatic nitrogens is 2. The molecule has 0 fully saturated rings. The number of hydrogen-bond donors (Lipinski definition) is 1. The average molecular weight is 924 g/mol. The maximum Gasteiger partial charge on any atom is 0.409 e. The van der Waals surface area contributed by atoms with E-state index in [2.05, 4.69) is 76.6 Å². The number of halogens is 3. The van der Waals surface area contributed by atoms with E-state index >= 15 is 0 Å². The molecular weight excluding hydrogens is 870 g/mol. The molecule has 9 heteroatoms. The van der Waals surface area contributed by atoms with Crippen molar-refractivity contribution in [3.05, 3.63) is 82.9 Å². The van der Waals surface area contributed by atoms with Gasteiger partial charge in [-0.25, -0.2) is 4.98 Å². The van der Waals surface area contributed by atoms with Crippen molar-refractivity contribution in [2.45, 2.75) is 120 Å². The van der Waals surface area contributed by atoms with E-state index in [1.807, 2.05) is 33.8 Å². The molecule has 289 valence electrons. The Morgan fingerprint density at radius 2 is 1.51 bits per heavy atom. The van der Waals surface area contributed by atoms with E-state index in [0.717, 1.165) is 69.4 Å². The van der Waals surface area contributed by atoms with Gasteiger partial charge in [-0.3, -0.25) is 9.78 Å². The van der Waals surface area contributed by atoms with E-state index in [4.69, 9.17) is 0 Å². The molecule has 1 N–H and O–H groups in total. The average Bonchev–Trinajstić information content (AvgIpc) is 3.41. The summed E-state index contributed by atoms with van der Waals surface area (Å²) >= 11 is 1.63. The van der Waals surface area contributed by atoms with Gasteiger partial charge in [-0.1, -0.05) is 92.3 Å². The summed E-state index contributed by atoms with van der Waals surface area (Å²) in [6.45, 7) is 23.1. The number of benzene rings is 3. The monoisotopic (exact) mass is 924 g/mol. The molecule has 1 radical (unpaired) electrons. The van der Waals surface area contributed by atoms with Crippen molar-refractivity contribution >= 4 is 48.2 Å². The molecule has 0 spiro atoms. The number of allylic oxidation sites excluding steroid dienone is 2. The number of alkyl halides is 3. The van der Waals surface area contributed by atoms with Crippen LogP contribution in [0.1, 0.15) is 117 Å². The van der Waals surface area contributed by atoms with Crippen LogP contribution < -0.4 is 0 Å². The Kier molecular flexibility index (Phi) is 14.7. The number of thiophene rings is 1. The topological polar surface area (TPSA) is 63.1 Å². The number of ketones is 1. The van der Waals surface area contributed by atoms with Crippen LogP contribution in [0.15, 0.2) is 54.6 Å². The minimum Gasteiger partial charge on any atom is -0.512 e. The van der Waals surface area contributed by atoms with Crippen molar-refractivity contribution in [2.24, 2.45) is 17.3 Å². The zero-order valence-corrected chi connectivity index (χ0v) is 36.1. The van der Waals surface area contributed by atoms with Gasteiger partial charge in [0, 0.05) is 64.1 Å². The quantitative estimate of drug-likeness (QED) is 0.0909. The van der Waals surface area contributed by atoms with Crippen LogP contribution in [-0.2, 0) is 42.9 Å². The van der Waals surface area contributed by atoms with Gasteiger partial charge in [0.2, 0.25) is 0 Å². The standard InChI is InChI=1S/C31H30F3N2S.C13H24O2.Ir/c1-17-10-23-25(14-20(17)15-29(2,3)4)37-28-26(35-16-36-27(23)28)19-11-18-12-21(31(32,33)34)8-9-22(18)24(13-19)30(5,6)7;1-5-10(6-2)12(14)9-13(15)11(7-3)8-4;/h8-10,12-14,16H,15H2,1-7H3;9-11,14H,5-8H2,1-4H3;/q-1;;/b;12-9-;. The first-order valence-corrected chi connectivity index (χ1v) is 19.2. The molecule has 5 aromatic rings. The second-order valence-corrected chi connectivity index (χ2v) is 17.2. The van der Waals surface area contributed by atoms with E-state index in [-0.39, 0.29) is 54.3 Å². The van der Waals surface area contributed by atoms with Crippen LogP contribution in [0.3, 0.4) is 0 Å². The summed E-state index contributed by atoms with van der Waals surface area (Å²) in [5.41, 5.74) is 4.96. The van der Waals surface area contributed by atoms with E-state index in [1.54, 1.807) is 23.7 Å². The van der Waals surface area contributed by atoms with Gasteiger partial charge in [-0.05, 0) is 73.1 Å². The van der Waals surface area contributed by atoms with Gasteiger partial charge in [0.25, 0.3) is 0 Å². The normalized spacial score (nSPS) is 12.8. The number of hydrogen-bond acceptors (Lipinski definition) is 5. The number of carbonyl (C=O) groups excluding carboxylic acids is 1. The van der Waals surface area contributed by atoms with Crippen LogP contribution in [0, 0.1) is 30.2 Å². The molecule has 0 unspecified atom stereocenters. The van der Waals surface area contributed by atoms with Gasteiger partial charge in [-0.15, -0.1) is 40.5 Å². The van der Waals surface area contributed by atoms with E-state index in [0.29, 0.717) is 16.6 Å². The zero-order valence-electron chi connectivity index (χ0n) is 32.9. The summed E-state index contributed by atoms with van der Waals surface area (Å²) < 4.78 is 42.7. The number of rotatable bonds is 9. The number of aliphatic hydroxyl groups excluding tert-OH is 1. The molecule has 0 saturated carbocycles. The Morgan fingerprint density at radius 3 is 2.06 bits per heavy atom. The van der Waals surface area contributed by atoms with Gasteiger partial charge in [-0.2, -0.15) is 13.2 Å². The van der Waals surface area contributed by atoms with E-state index < -0.39 is 11.7 Å². The molecule has 2 heterocycles. The fourth-order valence-electron chi connectivity index (χ4n) is 6.72. The second-order valence-electron chi connectivity index (χ2n) is 16.1. The number of nitrogens with zero attached hydrogens (tertiary/aromatic N) is 2. The Morgan fingerprint density at radius 1 is 0.887 bits per heavy atom. The van der Waals surface area contributed by atoms with Gasteiger partial charge < -0.3 is 5.11 Å². The molecule has 2 aromatic heterocycles. The van der Waals surface area contributed by atoms with Crippen LogP contribution in [0.25, 0.3) is 42.3 Å². The van der Waals surface area contributed by atoms with Crippen molar-refractivity contribution in [3.8, 4) is 11.3 Å². The fraction of sp³-hybridized carbons (Fsp3) is 0.477. The van der Waals surface area contributed by atoms with Crippen LogP contribution in [0.2, 0.25) is 0 Å². The predicted octanol–water partition coefficient (Wildman–Crippen LogP) is 13.5. The summed E-state index contributed by atoms with van der Waals surface area (Å²) in [4.78, 5) is 21.0. The molecular formula is C44H54F3IrN2O2S-. The second kappa shape index (κ2) is 17.6. The molecule has 5 rings (SSSR count). The molecule has 0 aliphatic rings. The molecule has 0 aliphatic carbocycles. The summed E-state index contributed by atoms with van der Waals surface area (Å²) in [5.74, 6) is 0.547. The SMILES string of the molecule is CCC(CC)C(=O)/C=C(\O)C(CC)CC.Cc1cc2c(cc1CC(C)(C)C)sc1c(-c3[c-]c4cc(C(F)(F)F)ccc4c(C(C)(C)C)c3)ncnc12.[Ir]. The minimum absolute atomic E-state index is 0. The largest absolute Gasteiger partial charge is 0.512 e. The van der Waals surface area contributed by atoms with Gasteiger partial charge in [0.05, 0.1) is 11.3 Å². The van der Waals surface area contributed by atoms with Crippen molar-refractivity contribution in [1.82, 2.24) is 9.97 Å². The van der Waals surface area contributed by atoms with Crippen molar-refractivity contribution in [3.63, 3.8) is 0 Å².